The van der Waals surface area contributed by atoms with E-state index in [-0.39, 0.29) is 0 Å². The van der Waals surface area contributed by atoms with Crippen molar-refractivity contribution in [2.45, 2.75) is 56.6 Å². The molecule has 0 bridgehead atoms. The van der Waals surface area contributed by atoms with Gasteiger partial charge in [-0.15, -0.1) is 0 Å². The van der Waals surface area contributed by atoms with Crippen molar-refractivity contribution >= 4 is 11.8 Å². The Morgan fingerprint density at radius 3 is 2.46 bits per heavy atom. The van der Waals surface area contributed by atoms with Crippen molar-refractivity contribution in [1.82, 2.24) is 0 Å². The minimum atomic E-state index is 0.869. The maximum atomic E-state index is 5.45. The lowest BCUT2D eigenvalue weighted by Crippen LogP contribution is -2.08. The summed E-state index contributed by atoms with van der Waals surface area (Å²) < 4.78 is 0. The zero-order valence-electron chi connectivity index (χ0n) is 8.63. The minimum absolute atomic E-state index is 0.869. The van der Waals surface area contributed by atoms with Crippen molar-refractivity contribution in [2.24, 2.45) is 5.73 Å². The summed E-state index contributed by atoms with van der Waals surface area (Å²) in [6, 6.07) is 0. The van der Waals surface area contributed by atoms with E-state index in [1.807, 2.05) is 0 Å². The monoisotopic (exact) mass is 201 g/mol. The summed E-state index contributed by atoms with van der Waals surface area (Å²) in [7, 11) is 0. The van der Waals surface area contributed by atoms with Crippen LogP contribution in [0.1, 0.15) is 51.4 Å². The molecule has 0 aromatic heterocycles. The Kier molecular flexibility index (Phi) is 6.73. The third-order valence-corrected chi connectivity index (χ3v) is 4.22. The van der Waals surface area contributed by atoms with E-state index in [1.54, 1.807) is 0 Å². The molecule has 1 aliphatic carbocycles. The highest BCUT2D eigenvalue weighted by Gasteiger charge is 2.12. The first kappa shape index (κ1) is 11.4. The van der Waals surface area contributed by atoms with Crippen LogP contribution < -0.4 is 5.73 Å². The third-order valence-electron chi connectivity index (χ3n) is 2.75. The van der Waals surface area contributed by atoms with Crippen molar-refractivity contribution in [2.75, 3.05) is 12.3 Å². The van der Waals surface area contributed by atoms with Crippen LogP contribution in [-0.4, -0.2) is 17.5 Å². The van der Waals surface area contributed by atoms with E-state index in [2.05, 4.69) is 11.8 Å². The molecule has 0 radical (unpaired) electrons. The Hall–Kier alpha value is 0.310. The molecule has 2 N–H and O–H groups in total. The van der Waals surface area contributed by atoms with Gasteiger partial charge in [0, 0.05) is 5.25 Å². The van der Waals surface area contributed by atoms with Crippen LogP contribution in [0.5, 0.6) is 0 Å². The molecule has 0 aromatic rings. The van der Waals surface area contributed by atoms with Crippen LogP contribution in [0.25, 0.3) is 0 Å². The van der Waals surface area contributed by atoms with Gasteiger partial charge in [-0.2, -0.15) is 11.8 Å². The zero-order chi connectivity index (χ0) is 9.36. The van der Waals surface area contributed by atoms with Gasteiger partial charge in [-0.1, -0.05) is 25.7 Å². The lowest BCUT2D eigenvalue weighted by atomic mass is 10.0. The molecule has 0 heterocycles. The van der Waals surface area contributed by atoms with Gasteiger partial charge in [0.15, 0.2) is 0 Å². The van der Waals surface area contributed by atoms with Gasteiger partial charge in [-0.25, -0.2) is 0 Å². The summed E-state index contributed by atoms with van der Waals surface area (Å²) in [5, 5.41) is 0.992. The third kappa shape index (κ3) is 5.58. The molecule has 0 amide bonds. The zero-order valence-corrected chi connectivity index (χ0v) is 9.45. The maximum Gasteiger partial charge on any atom is 0.00470 e. The fourth-order valence-corrected chi connectivity index (χ4v) is 3.28. The van der Waals surface area contributed by atoms with E-state index in [4.69, 9.17) is 5.73 Å². The van der Waals surface area contributed by atoms with Crippen molar-refractivity contribution in [3.05, 3.63) is 0 Å². The van der Waals surface area contributed by atoms with Gasteiger partial charge >= 0.3 is 0 Å². The van der Waals surface area contributed by atoms with Crippen LogP contribution in [0, 0.1) is 0 Å². The van der Waals surface area contributed by atoms with Crippen LogP contribution in [0.4, 0.5) is 0 Å². The molecule has 0 spiro atoms. The van der Waals surface area contributed by atoms with Gasteiger partial charge in [-0.05, 0) is 38.0 Å². The molecular formula is C11H23NS. The molecule has 0 aliphatic heterocycles. The SMILES string of the molecule is NCCCCCSC1CCCCC1. The van der Waals surface area contributed by atoms with Gasteiger partial charge < -0.3 is 5.73 Å². The smallest absolute Gasteiger partial charge is 0.00470 e. The first-order valence-electron chi connectivity index (χ1n) is 5.75. The molecule has 0 unspecified atom stereocenters. The standard InChI is InChI=1S/C11H23NS/c12-9-5-2-6-10-13-11-7-3-1-4-8-11/h11H,1-10,12H2. The van der Waals surface area contributed by atoms with E-state index < -0.39 is 0 Å². The molecule has 0 saturated heterocycles. The van der Waals surface area contributed by atoms with E-state index in [0.29, 0.717) is 0 Å². The van der Waals surface area contributed by atoms with Gasteiger partial charge in [0.2, 0.25) is 0 Å². The predicted molar refractivity (Wildman–Crippen MR) is 62.2 cm³/mol. The van der Waals surface area contributed by atoms with E-state index in [1.165, 1.54) is 57.1 Å². The number of nitrogens with two attached hydrogens (primary N) is 1. The minimum Gasteiger partial charge on any atom is -0.330 e. The first-order valence-corrected chi connectivity index (χ1v) is 6.80. The molecule has 0 aromatic carbocycles. The average molecular weight is 201 g/mol. The highest BCUT2D eigenvalue weighted by Crippen LogP contribution is 2.28. The van der Waals surface area contributed by atoms with Crippen LogP contribution >= 0.6 is 11.8 Å². The molecule has 13 heavy (non-hydrogen) atoms. The number of unbranched alkanes of at least 4 members (excludes halogenated alkanes) is 2. The number of hydrogen-bond acceptors (Lipinski definition) is 2. The Labute approximate surface area is 86.8 Å². The summed E-state index contributed by atoms with van der Waals surface area (Å²) in [5.41, 5.74) is 5.45. The second kappa shape index (κ2) is 7.69. The Morgan fingerprint density at radius 2 is 1.77 bits per heavy atom. The molecule has 1 rings (SSSR count). The van der Waals surface area contributed by atoms with Gasteiger partial charge in [0.05, 0.1) is 0 Å². The molecule has 1 saturated carbocycles. The summed E-state index contributed by atoms with van der Waals surface area (Å²) in [4.78, 5) is 0. The fourth-order valence-electron chi connectivity index (χ4n) is 1.90. The normalized spacial score (nSPS) is 19.2. The Morgan fingerprint density at radius 1 is 1.00 bits per heavy atom. The van der Waals surface area contributed by atoms with E-state index >= 15 is 0 Å². The molecule has 1 aliphatic rings. The van der Waals surface area contributed by atoms with Crippen LogP contribution in [0.2, 0.25) is 0 Å². The van der Waals surface area contributed by atoms with Gasteiger partial charge in [-0.3, -0.25) is 0 Å². The van der Waals surface area contributed by atoms with Crippen molar-refractivity contribution in [1.29, 1.82) is 0 Å². The highest BCUT2D eigenvalue weighted by molar-refractivity contribution is 7.99. The van der Waals surface area contributed by atoms with E-state index in [0.717, 1.165) is 11.8 Å². The predicted octanol–water partition coefficient (Wildman–Crippen LogP) is 3.18. The second-order valence-corrected chi connectivity index (χ2v) is 5.39. The molecular weight excluding hydrogens is 178 g/mol. The average Bonchev–Trinajstić information content (AvgIpc) is 2.19. The first-order chi connectivity index (χ1) is 6.43. The summed E-state index contributed by atoms with van der Waals surface area (Å²) >= 11 is 2.21. The van der Waals surface area contributed by atoms with Gasteiger partial charge in [0.25, 0.3) is 0 Å². The largest absolute Gasteiger partial charge is 0.330 e. The molecule has 78 valence electrons. The summed E-state index contributed by atoms with van der Waals surface area (Å²) in [6.45, 7) is 0.869. The molecule has 2 heteroatoms. The quantitative estimate of drug-likeness (QED) is 0.668. The van der Waals surface area contributed by atoms with Crippen LogP contribution in [-0.2, 0) is 0 Å². The number of rotatable bonds is 6. The maximum absolute atomic E-state index is 5.45. The second-order valence-electron chi connectivity index (χ2n) is 3.98. The molecule has 1 nitrogen and oxygen atoms in total. The molecule has 1 fully saturated rings. The fraction of sp³-hybridized carbons (Fsp3) is 1.00. The number of hydrogen-bond donors (Lipinski definition) is 1. The number of thioether (sulfide) groups is 1. The lowest BCUT2D eigenvalue weighted by molar-refractivity contribution is 0.515. The Balaban J connectivity index is 1.86. The molecule has 0 atom stereocenters. The summed E-state index contributed by atoms with van der Waals surface area (Å²) in [5.74, 6) is 1.37. The van der Waals surface area contributed by atoms with E-state index in [9.17, 15) is 0 Å². The highest BCUT2D eigenvalue weighted by atomic mass is 32.2. The summed E-state index contributed by atoms with van der Waals surface area (Å²) in [6.07, 6.45) is 11.3. The van der Waals surface area contributed by atoms with Gasteiger partial charge in [0.1, 0.15) is 0 Å². The Bertz CT molecular complexity index is 111. The van der Waals surface area contributed by atoms with Crippen molar-refractivity contribution in [3.63, 3.8) is 0 Å². The van der Waals surface area contributed by atoms with Crippen LogP contribution in [0.3, 0.4) is 0 Å². The van der Waals surface area contributed by atoms with Crippen molar-refractivity contribution in [3.8, 4) is 0 Å². The topological polar surface area (TPSA) is 26.0 Å². The van der Waals surface area contributed by atoms with Crippen LogP contribution in [0.15, 0.2) is 0 Å². The lowest BCUT2D eigenvalue weighted by Gasteiger charge is -2.20. The van der Waals surface area contributed by atoms with Crippen molar-refractivity contribution < 1.29 is 0 Å².